The fourth-order valence-electron chi connectivity index (χ4n) is 3.23. The predicted octanol–water partition coefficient (Wildman–Crippen LogP) is 2.60. The van der Waals surface area contributed by atoms with Gasteiger partial charge in [-0.2, -0.15) is 0 Å². The highest BCUT2D eigenvalue weighted by Crippen LogP contribution is 2.24. The van der Waals surface area contributed by atoms with Gasteiger partial charge in [-0.05, 0) is 44.1 Å². The van der Waals surface area contributed by atoms with Crippen LogP contribution in [0.15, 0.2) is 59.7 Å². The van der Waals surface area contributed by atoms with Crippen molar-refractivity contribution >= 4 is 5.95 Å². The largest absolute Gasteiger partial charge is 0.351 e. The van der Waals surface area contributed by atoms with Crippen LogP contribution in [-0.2, 0) is 0 Å². The minimum atomic E-state index is -0.497. The number of rotatable bonds is 4. The highest BCUT2D eigenvalue weighted by molar-refractivity contribution is 5.63. The van der Waals surface area contributed by atoms with Gasteiger partial charge in [0.1, 0.15) is 5.69 Å². The van der Waals surface area contributed by atoms with Gasteiger partial charge in [-0.15, -0.1) is 0 Å². The second-order valence-electron chi connectivity index (χ2n) is 6.52. The third-order valence-corrected chi connectivity index (χ3v) is 4.64. The molecule has 0 spiro atoms. The zero-order chi connectivity index (χ0) is 18.6. The molecule has 1 aliphatic heterocycles. The van der Waals surface area contributed by atoms with Crippen molar-refractivity contribution in [2.75, 3.05) is 18.4 Å². The summed E-state index contributed by atoms with van der Waals surface area (Å²) in [7, 11) is 0. The number of nitrogens with one attached hydrogen (secondary N) is 2. The van der Waals surface area contributed by atoms with Crippen LogP contribution < -0.4 is 16.2 Å². The molecular weight excluding hydrogens is 345 g/mol. The summed E-state index contributed by atoms with van der Waals surface area (Å²) < 4.78 is 15.9. The van der Waals surface area contributed by atoms with Crippen LogP contribution in [0.25, 0.3) is 16.9 Å². The summed E-state index contributed by atoms with van der Waals surface area (Å²) in [6.07, 6.45) is 4.82. The van der Waals surface area contributed by atoms with E-state index in [1.165, 1.54) is 16.8 Å². The summed E-state index contributed by atoms with van der Waals surface area (Å²) in [5, 5.41) is 6.59. The molecule has 1 saturated heterocycles. The first-order chi connectivity index (χ1) is 13.2. The molecule has 138 valence electrons. The van der Waals surface area contributed by atoms with E-state index in [-0.39, 0.29) is 17.3 Å². The van der Waals surface area contributed by atoms with Crippen molar-refractivity contribution in [2.24, 2.45) is 0 Å². The van der Waals surface area contributed by atoms with Gasteiger partial charge in [-0.25, -0.2) is 14.4 Å². The fraction of sp³-hybridized carbons (Fsp3) is 0.250. The number of hydrogen-bond donors (Lipinski definition) is 2. The summed E-state index contributed by atoms with van der Waals surface area (Å²) in [4.78, 5) is 20.5. The molecule has 1 aliphatic rings. The van der Waals surface area contributed by atoms with E-state index in [9.17, 15) is 9.18 Å². The molecule has 0 amide bonds. The van der Waals surface area contributed by atoms with Gasteiger partial charge in [-0.1, -0.05) is 18.2 Å². The van der Waals surface area contributed by atoms with Crippen LogP contribution in [0.4, 0.5) is 10.3 Å². The van der Waals surface area contributed by atoms with Crippen molar-refractivity contribution in [1.82, 2.24) is 19.9 Å². The van der Waals surface area contributed by atoms with E-state index in [4.69, 9.17) is 0 Å². The van der Waals surface area contributed by atoms with Gasteiger partial charge in [0.25, 0.3) is 5.56 Å². The summed E-state index contributed by atoms with van der Waals surface area (Å²) in [6.45, 7) is 1.89. The average Bonchev–Trinajstić information content (AvgIpc) is 2.71. The van der Waals surface area contributed by atoms with Crippen molar-refractivity contribution in [3.05, 3.63) is 71.0 Å². The van der Waals surface area contributed by atoms with Gasteiger partial charge >= 0.3 is 0 Å². The standard InChI is InChI=1S/C20H20FN5O/c21-17-13-23-20(24-15-7-9-22-10-8-15)25-19(17)14-4-3-5-16(12-14)26-11-2-1-6-18(26)27/h1-6,11-13,15,22H,7-10H2,(H,23,24,25). The first-order valence-corrected chi connectivity index (χ1v) is 8.99. The number of nitrogens with zero attached hydrogens (tertiary/aromatic N) is 3. The van der Waals surface area contributed by atoms with Crippen LogP contribution in [-0.4, -0.2) is 33.7 Å². The Balaban J connectivity index is 1.66. The summed E-state index contributed by atoms with van der Waals surface area (Å²) in [5.74, 6) is -0.0796. The maximum atomic E-state index is 14.4. The molecule has 3 aromatic rings. The van der Waals surface area contributed by atoms with Crippen LogP contribution >= 0.6 is 0 Å². The highest BCUT2D eigenvalue weighted by atomic mass is 19.1. The Bertz CT molecular complexity index is 997. The molecule has 0 bridgehead atoms. The molecule has 0 saturated carbocycles. The predicted molar refractivity (Wildman–Crippen MR) is 103 cm³/mol. The zero-order valence-electron chi connectivity index (χ0n) is 14.7. The van der Waals surface area contributed by atoms with Crippen LogP contribution in [0.5, 0.6) is 0 Å². The van der Waals surface area contributed by atoms with Gasteiger partial charge in [0.15, 0.2) is 5.82 Å². The Hall–Kier alpha value is -3.06. The van der Waals surface area contributed by atoms with Crippen molar-refractivity contribution in [3.8, 4) is 16.9 Å². The molecule has 27 heavy (non-hydrogen) atoms. The molecule has 2 aromatic heterocycles. The average molecular weight is 365 g/mol. The van der Waals surface area contributed by atoms with E-state index in [1.54, 1.807) is 42.6 Å². The molecule has 0 unspecified atom stereocenters. The smallest absolute Gasteiger partial charge is 0.255 e. The molecule has 7 heteroatoms. The van der Waals surface area contributed by atoms with E-state index in [0.29, 0.717) is 17.2 Å². The molecule has 0 aliphatic carbocycles. The zero-order valence-corrected chi connectivity index (χ0v) is 14.7. The Morgan fingerprint density at radius 3 is 2.81 bits per heavy atom. The third-order valence-electron chi connectivity index (χ3n) is 4.64. The van der Waals surface area contributed by atoms with Crippen LogP contribution in [0.2, 0.25) is 0 Å². The van der Waals surface area contributed by atoms with Crippen LogP contribution in [0.1, 0.15) is 12.8 Å². The van der Waals surface area contributed by atoms with Gasteiger partial charge in [-0.3, -0.25) is 9.36 Å². The number of benzene rings is 1. The lowest BCUT2D eigenvalue weighted by Gasteiger charge is -2.23. The van der Waals surface area contributed by atoms with E-state index in [0.717, 1.165) is 25.9 Å². The van der Waals surface area contributed by atoms with Crippen molar-refractivity contribution in [1.29, 1.82) is 0 Å². The number of aromatic nitrogens is 3. The molecule has 0 atom stereocenters. The molecule has 6 nitrogen and oxygen atoms in total. The third kappa shape index (κ3) is 3.88. The Morgan fingerprint density at radius 2 is 2.00 bits per heavy atom. The fourth-order valence-corrected chi connectivity index (χ4v) is 3.23. The second kappa shape index (κ2) is 7.67. The van der Waals surface area contributed by atoms with E-state index in [1.807, 2.05) is 0 Å². The molecule has 1 aromatic carbocycles. The molecular formula is C20H20FN5O. The lowest BCUT2D eigenvalue weighted by molar-refractivity contribution is 0.477. The minimum Gasteiger partial charge on any atom is -0.351 e. The topological polar surface area (TPSA) is 71.8 Å². The normalized spacial score (nSPS) is 14.9. The summed E-state index contributed by atoms with van der Waals surface area (Å²) in [6, 6.07) is 12.3. The lowest BCUT2D eigenvalue weighted by Crippen LogP contribution is -2.35. The van der Waals surface area contributed by atoms with Gasteiger partial charge in [0.05, 0.1) is 6.20 Å². The minimum absolute atomic E-state index is 0.147. The molecule has 2 N–H and O–H groups in total. The Morgan fingerprint density at radius 1 is 1.15 bits per heavy atom. The first kappa shape index (κ1) is 17.4. The molecule has 1 fully saturated rings. The molecule has 3 heterocycles. The maximum absolute atomic E-state index is 14.4. The Labute approximate surface area is 156 Å². The number of halogens is 1. The second-order valence-corrected chi connectivity index (χ2v) is 6.52. The lowest BCUT2D eigenvalue weighted by atomic mass is 10.1. The van der Waals surface area contributed by atoms with E-state index >= 15 is 0 Å². The SMILES string of the molecule is O=c1ccccn1-c1cccc(-c2nc(NC3CCNCC3)ncc2F)c1. The van der Waals surface area contributed by atoms with Crippen molar-refractivity contribution in [2.45, 2.75) is 18.9 Å². The quantitative estimate of drug-likeness (QED) is 0.744. The number of hydrogen-bond acceptors (Lipinski definition) is 5. The Kier molecular flexibility index (Phi) is 4.93. The van der Waals surface area contributed by atoms with Gasteiger partial charge in [0.2, 0.25) is 5.95 Å². The number of anilines is 1. The summed E-state index contributed by atoms with van der Waals surface area (Å²) in [5.41, 5.74) is 1.32. The number of pyridine rings is 1. The maximum Gasteiger partial charge on any atom is 0.255 e. The van der Waals surface area contributed by atoms with E-state index in [2.05, 4.69) is 20.6 Å². The molecule has 0 radical (unpaired) electrons. The van der Waals surface area contributed by atoms with Crippen LogP contribution in [0.3, 0.4) is 0 Å². The summed E-state index contributed by atoms with van der Waals surface area (Å²) >= 11 is 0. The highest BCUT2D eigenvalue weighted by Gasteiger charge is 2.16. The monoisotopic (exact) mass is 365 g/mol. The van der Waals surface area contributed by atoms with Gasteiger partial charge in [0, 0.05) is 29.6 Å². The van der Waals surface area contributed by atoms with Crippen molar-refractivity contribution in [3.63, 3.8) is 0 Å². The number of piperidine rings is 1. The van der Waals surface area contributed by atoms with E-state index < -0.39 is 5.82 Å². The van der Waals surface area contributed by atoms with Crippen LogP contribution in [0, 0.1) is 5.82 Å². The first-order valence-electron chi connectivity index (χ1n) is 8.99. The van der Waals surface area contributed by atoms with Crippen molar-refractivity contribution < 1.29 is 4.39 Å². The molecule has 4 rings (SSSR count). The van der Waals surface area contributed by atoms with Gasteiger partial charge < -0.3 is 10.6 Å².